The summed E-state index contributed by atoms with van der Waals surface area (Å²) in [6.07, 6.45) is -0.275. The molecule has 0 unspecified atom stereocenters. The van der Waals surface area contributed by atoms with Crippen LogP contribution in [0.25, 0.3) is 44.2 Å². The molecule has 0 bridgehead atoms. The molecule has 2 saturated heterocycles. The summed E-state index contributed by atoms with van der Waals surface area (Å²) in [7, 11) is 0.679. The third-order valence-corrected chi connectivity index (χ3v) is 14.6. The Morgan fingerprint density at radius 3 is 2.03 bits per heavy atom. The minimum absolute atomic E-state index is 0.140. The highest BCUT2D eigenvalue weighted by Gasteiger charge is 2.47. The average Bonchev–Trinajstić information content (AvgIpc) is 3.98. The normalized spacial score (nSPS) is 19.6. The number of carbonyl (C=O) groups excluding carboxylic acids is 4. The zero-order valence-electron chi connectivity index (χ0n) is 35.8. The topological polar surface area (TPSA) is 175 Å². The van der Waals surface area contributed by atoms with Gasteiger partial charge in [0.2, 0.25) is 11.8 Å². The molecule has 0 spiro atoms. The summed E-state index contributed by atoms with van der Waals surface area (Å²) in [6, 6.07) is 15.9. The molecular weight excluding hydrogens is 803 g/mol. The zero-order valence-corrected chi connectivity index (χ0v) is 36.8. The zero-order chi connectivity index (χ0) is 44.0. The molecule has 0 saturated carbocycles. The quantitative estimate of drug-likeness (QED) is 0.102. The molecule has 3 aromatic carbocycles. The van der Waals surface area contributed by atoms with E-state index in [2.05, 4.69) is 50.8 Å². The van der Waals surface area contributed by atoms with Gasteiger partial charge in [0.1, 0.15) is 23.7 Å². The van der Waals surface area contributed by atoms with Crippen LogP contribution in [0.2, 0.25) is 19.1 Å². The maximum Gasteiger partial charge on any atom is 0.407 e. The first-order chi connectivity index (χ1) is 28.9. The number of aromatic amines is 2. The number of hydrogen-bond donors (Lipinski definition) is 4. The number of rotatable bonds is 10. The Morgan fingerprint density at radius 2 is 1.41 bits per heavy atom. The fourth-order valence-electron chi connectivity index (χ4n) is 8.60. The van der Waals surface area contributed by atoms with Gasteiger partial charge in [-0.2, -0.15) is 0 Å². The number of H-pyrrole nitrogens is 2. The minimum atomic E-state index is -3.00. The maximum atomic E-state index is 14.8. The van der Waals surface area contributed by atoms with Gasteiger partial charge < -0.3 is 39.9 Å². The Morgan fingerprint density at radius 1 is 0.803 bits per heavy atom. The Kier molecular flexibility index (Phi) is 12.0. The van der Waals surface area contributed by atoms with E-state index < -0.39 is 63.1 Å². The second-order valence-electron chi connectivity index (χ2n) is 17.7. The van der Waals surface area contributed by atoms with Gasteiger partial charge in [0.25, 0.3) is 5.92 Å². The predicted octanol–water partition coefficient (Wildman–Crippen LogP) is 7.96. The number of carbonyl (C=O) groups is 4. The molecule has 324 valence electrons. The summed E-state index contributed by atoms with van der Waals surface area (Å²) in [5.41, 5.74) is 5.02. The summed E-state index contributed by atoms with van der Waals surface area (Å²) in [5, 5.41) is 7.25. The predicted molar refractivity (Wildman–Crippen MR) is 230 cm³/mol. The van der Waals surface area contributed by atoms with Crippen LogP contribution in [0.4, 0.5) is 18.4 Å². The standard InChI is InChI=1S/C44H54F2N8O6Si/c1-24(2)35(51-42(57)59-5)40(55)53-18-17-44(45,46)20-33(53)38-47-21-32(49-38)27-11-9-26(10-12-27)28-13-15-30-29(19-28)14-16-31-37(30)50-39(48-31)34-22-61(7,8)23-54(34)41(56)36(25(3)4)52-43(58)60-6/h9-16,19,21,24-25,33-36H,17-18,20,22-23H2,1-8H3,(H,47,49)(H,48,50)(H,51,57)(H,52,58)/t33-,34-,35-,36-/m0/s1. The number of imidazole rings is 2. The van der Waals surface area contributed by atoms with Crippen molar-refractivity contribution in [3.05, 3.63) is 72.4 Å². The number of benzene rings is 3. The molecule has 5 aromatic rings. The molecule has 2 aliphatic heterocycles. The molecule has 0 radical (unpaired) electrons. The second-order valence-corrected chi connectivity index (χ2v) is 22.8. The molecule has 4 atom stereocenters. The first-order valence-electron chi connectivity index (χ1n) is 20.6. The van der Waals surface area contributed by atoms with Gasteiger partial charge in [0.15, 0.2) is 0 Å². The van der Waals surface area contributed by atoms with Gasteiger partial charge in [-0.15, -0.1) is 0 Å². The van der Waals surface area contributed by atoms with Crippen LogP contribution >= 0.6 is 0 Å². The molecule has 17 heteroatoms. The van der Waals surface area contributed by atoms with E-state index in [0.717, 1.165) is 50.4 Å². The van der Waals surface area contributed by atoms with Crippen molar-refractivity contribution in [1.29, 1.82) is 0 Å². The first kappa shape index (κ1) is 43.3. The van der Waals surface area contributed by atoms with Crippen molar-refractivity contribution in [3.8, 4) is 22.4 Å². The first-order valence-corrected chi connectivity index (χ1v) is 24.1. The van der Waals surface area contributed by atoms with Gasteiger partial charge in [-0.25, -0.2) is 28.3 Å². The maximum absolute atomic E-state index is 14.8. The van der Waals surface area contributed by atoms with Gasteiger partial charge in [-0.1, -0.05) is 83.3 Å². The Labute approximate surface area is 354 Å². The molecule has 14 nitrogen and oxygen atoms in total. The number of hydrogen-bond acceptors (Lipinski definition) is 8. The van der Waals surface area contributed by atoms with Gasteiger partial charge in [0.05, 0.1) is 57.3 Å². The molecule has 0 aliphatic carbocycles. The number of alkyl carbamates (subject to hydrolysis) is 2. The molecule has 2 aromatic heterocycles. The van der Waals surface area contributed by atoms with Crippen LogP contribution < -0.4 is 10.6 Å². The van der Waals surface area contributed by atoms with Crippen molar-refractivity contribution in [2.24, 2.45) is 11.8 Å². The fourth-order valence-corrected chi connectivity index (χ4v) is 11.5. The van der Waals surface area contributed by atoms with Crippen molar-refractivity contribution in [1.82, 2.24) is 40.4 Å². The molecule has 61 heavy (non-hydrogen) atoms. The number of aromatic nitrogens is 4. The third kappa shape index (κ3) is 8.97. The van der Waals surface area contributed by atoms with E-state index in [1.165, 1.54) is 19.1 Å². The lowest BCUT2D eigenvalue weighted by Crippen LogP contribution is -2.55. The largest absolute Gasteiger partial charge is 0.453 e. The molecule has 2 aliphatic rings. The number of halogens is 2. The van der Waals surface area contributed by atoms with Crippen LogP contribution in [0.1, 0.15) is 64.3 Å². The van der Waals surface area contributed by atoms with E-state index in [9.17, 15) is 28.0 Å². The SMILES string of the molecule is COC(=O)N[C@H](C(=O)N1CCC(F)(F)C[C@H]1c1ncc(-c2ccc(-c3ccc4c(ccc5[nH]c([C@@H]6C[Si](C)(C)CN6C(=O)[C@@H](NC(=O)OC)C(C)C)nc54)c3)cc2)[nH]1)C(C)C. The summed E-state index contributed by atoms with van der Waals surface area (Å²) < 4.78 is 39.2. The van der Waals surface area contributed by atoms with Gasteiger partial charge in [0, 0.05) is 30.9 Å². The van der Waals surface area contributed by atoms with E-state index >= 15 is 0 Å². The highest BCUT2D eigenvalue weighted by molar-refractivity contribution is 6.78. The van der Waals surface area contributed by atoms with Crippen LogP contribution in [0, 0.1) is 11.8 Å². The van der Waals surface area contributed by atoms with Crippen molar-refractivity contribution >= 4 is 53.9 Å². The highest BCUT2D eigenvalue weighted by atomic mass is 28.3. The lowest BCUT2D eigenvalue weighted by Gasteiger charge is -2.40. The Hall–Kier alpha value is -5.84. The van der Waals surface area contributed by atoms with E-state index in [1.54, 1.807) is 20.0 Å². The third-order valence-electron chi connectivity index (χ3n) is 11.9. The van der Waals surface area contributed by atoms with Crippen molar-refractivity contribution in [2.75, 3.05) is 26.9 Å². The number of nitrogens with zero attached hydrogens (tertiary/aromatic N) is 4. The Bertz CT molecular complexity index is 2450. The van der Waals surface area contributed by atoms with E-state index in [0.29, 0.717) is 11.9 Å². The van der Waals surface area contributed by atoms with Crippen molar-refractivity contribution < 1.29 is 37.4 Å². The van der Waals surface area contributed by atoms with Crippen LogP contribution in [-0.4, -0.2) is 107 Å². The summed E-state index contributed by atoms with van der Waals surface area (Å²) in [5.74, 6) is -3.11. The van der Waals surface area contributed by atoms with Gasteiger partial charge in [-0.3, -0.25) is 9.59 Å². The summed E-state index contributed by atoms with van der Waals surface area (Å²) in [4.78, 5) is 71.4. The highest BCUT2D eigenvalue weighted by Crippen LogP contribution is 2.41. The molecule has 7 rings (SSSR count). The molecule has 4 N–H and O–H groups in total. The number of piperidine rings is 1. The fraction of sp³-hybridized carbons (Fsp3) is 0.455. The molecule has 4 heterocycles. The smallest absolute Gasteiger partial charge is 0.407 e. The number of ether oxygens (including phenoxy) is 2. The van der Waals surface area contributed by atoms with Crippen molar-refractivity contribution in [3.63, 3.8) is 0 Å². The van der Waals surface area contributed by atoms with Crippen LogP contribution in [0.3, 0.4) is 0 Å². The minimum Gasteiger partial charge on any atom is -0.453 e. The van der Waals surface area contributed by atoms with E-state index in [1.807, 2.05) is 61.2 Å². The van der Waals surface area contributed by atoms with E-state index in [-0.39, 0.29) is 36.2 Å². The molecular formula is C44H54F2N8O6Si. The number of fused-ring (bicyclic) bond motifs is 3. The van der Waals surface area contributed by atoms with Crippen molar-refractivity contribution in [2.45, 2.75) is 89.8 Å². The number of likely N-dealkylation sites (tertiary alicyclic amines) is 1. The van der Waals surface area contributed by atoms with Gasteiger partial charge in [-0.05, 0) is 52.1 Å². The van der Waals surface area contributed by atoms with Crippen LogP contribution in [-0.2, 0) is 19.1 Å². The van der Waals surface area contributed by atoms with Crippen LogP contribution in [0.15, 0.2) is 60.8 Å². The second kappa shape index (κ2) is 16.9. The number of nitrogens with one attached hydrogen (secondary N) is 4. The van der Waals surface area contributed by atoms with E-state index in [4.69, 9.17) is 14.5 Å². The summed E-state index contributed by atoms with van der Waals surface area (Å²) >= 11 is 0. The Balaban J connectivity index is 1.11. The van der Waals surface area contributed by atoms with Crippen LogP contribution in [0.5, 0.6) is 0 Å². The van der Waals surface area contributed by atoms with Gasteiger partial charge >= 0.3 is 12.2 Å². The average molecular weight is 857 g/mol. The number of amides is 4. The lowest BCUT2D eigenvalue weighted by atomic mass is 9.94. The number of methoxy groups -OCH3 is 2. The summed E-state index contributed by atoms with van der Waals surface area (Å²) in [6.45, 7) is 11.7. The molecule has 2 fully saturated rings. The lowest BCUT2D eigenvalue weighted by molar-refractivity contribution is -0.147. The number of alkyl halides is 2. The molecule has 4 amide bonds. The monoisotopic (exact) mass is 856 g/mol.